The average Bonchev–Trinajstić information content (AvgIpc) is 2.67. The van der Waals surface area contributed by atoms with Crippen LogP contribution in [0.3, 0.4) is 0 Å². The molecule has 1 aliphatic heterocycles. The van der Waals surface area contributed by atoms with Crippen molar-refractivity contribution >= 4 is 29.2 Å². The Balaban J connectivity index is 1.43. The number of carbonyl (C=O) groups excluding carboxylic acids is 2. The first-order valence-electron chi connectivity index (χ1n) is 8.96. The number of Topliss-reactive ketones (excluding diaryl/α,β-unsaturated/α-hetero) is 1. The van der Waals surface area contributed by atoms with Gasteiger partial charge in [0.1, 0.15) is 23.6 Å². The molecule has 2 heterocycles. The lowest BCUT2D eigenvalue weighted by Gasteiger charge is -2.32. The van der Waals surface area contributed by atoms with Gasteiger partial charge < -0.3 is 9.64 Å². The second-order valence-electron chi connectivity index (χ2n) is 6.56. The maximum atomic E-state index is 13.6. The quantitative estimate of drug-likeness (QED) is 0.530. The molecule has 28 heavy (non-hydrogen) atoms. The van der Waals surface area contributed by atoms with Crippen LogP contribution in [0.25, 0.3) is 0 Å². The zero-order valence-electron chi connectivity index (χ0n) is 15.0. The Labute approximate surface area is 166 Å². The highest BCUT2D eigenvalue weighted by molar-refractivity contribution is 6.30. The molecule has 5 nitrogen and oxygen atoms in total. The van der Waals surface area contributed by atoms with E-state index in [1.165, 1.54) is 0 Å². The number of pyridine rings is 1. The highest BCUT2D eigenvalue weighted by Gasteiger charge is 2.23. The standard InChI is InChI=1S/C20H19ClF2N2O3/c21-13-1-5-19(24-12-13)25-9-7-15(8-10-25)28-20(27)6-4-18(26)16-3-2-14(22)11-17(16)23/h1-3,5,11-12,15H,4,6-10H2. The highest BCUT2D eigenvalue weighted by Crippen LogP contribution is 2.21. The number of rotatable bonds is 6. The summed E-state index contributed by atoms with van der Waals surface area (Å²) in [6.45, 7) is 1.37. The van der Waals surface area contributed by atoms with Crippen LogP contribution >= 0.6 is 11.6 Å². The third kappa shape index (κ3) is 5.25. The number of carbonyl (C=O) groups is 2. The van der Waals surface area contributed by atoms with E-state index in [0.717, 1.165) is 18.0 Å². The smallest absolute Gasteiger partial charge is 0.306 e. The van der Waals surface area contributed by atoms with E-state index in [9.17, 15) is 18.4 Å². The Hall–Kier alpha value is -2.54. The molecule has 0 spiro atoms. The first-order valence-corrected chi connectivity index (χ1v) is 9.34. The number of ether oxygens (including phenoxy) is 1. The fourth-order valence-corrected chi connectivity index (χ4v) is 3.18. The van der Waals surface area contributed by atoms with Gasteiger partial charge in [0.2, 0.25) is 0 Å². The van der Waals surface area contributed by atoms with E-state index in [-0.39, 0.29) is 24.5 Å². The van der Waals surface area contributed by atoms with Gasteiger partial charge in [0, 0.05) is 44.6 Å². The van der Waals surface area contributed by atoms with Crippen molar-refractivity contribution in [2.45, 2.75) is 31.8 Å². The Bertz CT molecular complexity index is 853. The number of hydrogen-bond acceptors (Lipinski definition) is 5. The molecule has 1 aromatic heterocycles. The largest absolute Gasteiger partial charge is 0.462 e. The van der Waals surface area contributed by atoms with Crippen molar-refractivity contribution in [3.63, 3.8) is 0 Å². The monoisotopic (exact) mass is 408 g/mol. The van der Waals surface area contributed by atoms with Crippen LogP contribution in [-0.2, 0) is 9.53 Å². The predicted molar refractivity (Wildman–Crippen MR) is 100 cm³/mol. The molecule has 0 unspecified atom stereocenters. The van der Waals surface area contributed by atoms with Gasteiger partial charge in [0.25, 0.3) is 0 Å². The van der Waals surface area contributed by atoms with Gasteiger partial charge >= 0.3 is 5.97 Å². The van der Waals surface area contributed by atoms with E-state index in [1.807, 2.05) is 6.07 Å². The number of anilines is 1. The summed E-state index contributed by atoms with van der Waals surface area (Å²) in [6.07, 6.45) is 2.33. The topological polar surface area (TPSA) is 59.5 Å². The van der Waals surface area contributed by atoms with Gasteiger partial charge in [-0.25, -0.2) is 13.8 Å². The minimum absolute atomic E-state index is 0.144. The van der Waals surface area contributed by atoms with Crippen molar-refractivity contribution in [1.82, 2.24) is 4.98 Å². The zero-order valence-corrected chi connectivity index (χ0v) is 15.8. The second kappa shape index (κ2) is 9.10. The van der Waals surface area contributed by atoms with Gasteiger partial charge in [-0.05, 0) is 24.3 Å². The molecule has 0 atom stereocenters. The number of piperidine rings is 1. The number of benzene rings is 1. The Morgan fingerprint density at radius 2 is 1.89 bits per heavy atom. The van der Waals surface area contributed by atoms with Gasteiger partial charge in [-0.3, -0.25) is 9.59 Å². The fourth-order valence-electron chi connectivity index (χ4n) is 3.07. The third-order valence-corrected chi connectivity index (χ3v) is 4.79. The van der Waals surface area contributed by atoms with E-state index in [0.29, 0.717) is 37.0 Å². The summed E-state index contributed by atoms with van der Waals surface area (Å²) < 4.78 is 31.9. The molecule has 0 N–H and O–H groups in total. The molecule has 0 radical (unpaired) electrons. The predicted octanol–water partition coefficient (Wildman–Crippen LogP) is 4.19. The number of aromatic nitrogens is 1. The van der Waals surface area contributed by atoms with Crippen LogP contribution in [0, 0.1) is 11.6 Å². The molecule has 1 saturated heterocycles. The molecule has 0 aliphatic carbocycles. The maximum Gasteiger partial charge on any atom is 0.306 e. The van der Waals surface area contributed by atoms with Crippen molar-refractivity contribution in [2.24, 2.45) is 0 Å². The van der Waals surface area contributed by atoms with Crippen molar-refractivity contribution in [3.8, 4) is 0 Å². The van der Waals surface area contributed by atoms with Gasteiger partial charge in [-0.1, -0.05) is 11.6 Å². The number of halogens is 3. The van der Waals surface area contributed by atoms with E-state index in [1.54, 1.807) is 12.3 Å². The van der Waals surface area contributed by atoms with E-state index >= 15 is 0 Å². The molecule has 1 aromatic carbocycles. The van der Waals surface area contributed by atoms with Gasteiger partial charge in [0.15, 0.2) is 5.78 Å². The number of hydrogen-bond donors (Lipinski definition) is 0. The average molecular weight is 409 g/mol. The lowest BCUT2D eigenvalue weighted by Crippen LogP contribution is -2.38. The highest BCUT2D eigenvalue weighted by atomic mass is 35.5. The summed E-state index contributed by atoms with van der Waals surface area (Å²) in [5, 5.41) is 0.572. The molecule has 1 fully saturated rings. The molecule has 148 valence electrons. The summed E-state index contributed by atoms with van der Waals surface area (Å²) in [5.41, 5.74) is -0.224. The van der Waals surface area contributed by atoms with Crippen LogP contribution in [0.4, 0.5) is 14.6 Å². The zero-order chi connectivity index (χ0) is 20.1. The molecule has 0 amide bonds. The van der Waals surface area contributed by atoms with E-state index in [4.69, 9.17) is 16.3 Å². The van der Waals surface area contributed by atoms with Crippen LogP contribution in [0.15, 0.2) is 36.5 Å². The Morgan fingerprint density at radius 3 is 2.54 bits per heavy atom. The number of ketones is 1. The molecule has 0 saturated carbocycles. The molecule has 2 aromatic rings. The number of esters is 1. The first-order chi connectivity index (χ1) is 13.4. The Morgan fingerprint density at radius 1 is 1.14 bits per heavy atom. The maximum absolute atomic E-state index is 13.6. The van der Waals surface area contributed by atoms with Crippen molar-refractivity contribution < 1.29 is 23.1 Å². The lowest BCUT2D eigenvalue weighted by molar-refractivity contribution is -0.149. The van der Waals surface area contributed by atoms with Crippen LogP contribution in [0.2, 0.25) is 5.02 Å². The minimum Gasteiger partial charge on any atom is -0.462 e. The van der Waals surface area contributed by atoms with Crippen molar-refractivity contribution in [1.29, 1.82) is 0 Å². The summed E-state index contributed by atoms with van der Waals surface area (Å²) >= 11 is 5.84. The van der Waals surface area contributed by atoms with Crippen LogP contribution in [0.5, 0.6) is 0 Å². The van der Waals surface area contributed by atoms with Crippen LogP contribution in [0.1, 0.15) is 36.0 Å². The van der Waals surface area contributed by atoms with Crippen LogP contribution in [-0.4, -0.2) is 35.9 Å². The van der Waals surface area contributed by atoms with Gasteiger partial charge in [-0.2, -0.15) is 0 Å². The van der Waals surface area contributed by atoms with E-state index < -0.39 is 23.4 Å². The van der Waals surface area contributed by atoms with Crippen LogP contribution < -0.4 is 4.90 Å². The fraction of sp³-hybridized carbons (Fsp3) is 0.350. The van der Waals surface area contributed by atoms with Crippen molar-refractivity contribution in [3.05, 3.63) is 58.7 Å². The normalized spacial score (nSPS) is 14.8. The van der Waals surface area contributed by atoms with Gasteiger partial charge in [0.05, 0.1) is 17.0 Å². The van der Waals surface area contributed by atoms with Crippen molar-refractivity contribution in [2.75, 3.05) is 18.0 Å². The summed E-state index contributed by atoms with van der Waals surface area (Å²) in [4.78, 5) is 30.4. The number of nitrogens with zero attached hydrogens (tertiary/aromatic N) is 2. The van der Waals surface area contributed by atoms with E-state index in [2.05, 4.69) is 9.88 Å². The molecule has 8 heteroatoms. The first kappa shape index (κ1) is 20.2. The summed E-state index contributed by atoms with van der Waals surface area (Å²) in [5.74, 6) is -1.92. The SMILES string of the molecule is O=C(CCC(=O)c1ccc(F)cc1F)OC1CCN(c2ccc(Cl)cn2)CC1. The Kier molecular flexibility index (Phi) is 6.57. The summed E-state index contributed by atoms with van der Waals surface area (Å²) in [6, 6.07) is 6.36. The molecule has 1 aliphatic rings. The molecule has 3 rings (SSSR count). The second-order valence-corrected chi connectivity index (χ2v) is 6.99. The lowest BCUT2D eigenvalue weighted by atomic mass is 10.1. The molecule has 0 bridgehead atoms. The molecular weight excluding hydrogens is 390 g/mol. The molecular formula is C20H19ClF2N2O3. The third-order valence-electron chi connectivity index (χ3n) is 4.56. The van der Waals surface area contributed by atoms with Gasteiger partial charge in [-0.15, -0.1) is 0 Å². The summed E-state index contributed by atoms with van der Waals surface area (Å²) in [7, 11) is 0. The minimum atomic E-state index is -0.929.